The van der Waals surface area contributed by atoms with Crippen molar-refractivity contribution >= 4 is 34.7 Å². The van der Waals surface area contributed by atoms with Gasteiger partial charge >= 0.3 is 0 Å². The van der Waals surface area contributed by atoms with Crippen LogP contribution in [0.4, 0.5) is 5.69 Å². The number of methoxy groups -OCH3 is 1. The van der Waals surface area contributed by atoms with Gasteiger partial charge in [-0.1, -0.05) is 17.7 Å². The van der Waals surface area contributed by atoms with Crippen molar-refractivity contribution in [1.29, 1.82) is 0 Å². The van der Waals surface area contributed by atoms with Crippen LogP contribution in [0.3, 0.4) is 0 Å². The first-order valence-corrected chi connectivity index (χ1v) is 8.49. The highest BCUT2D eigenvalue weighted by Gasteiger charge is 2.08. The highest BCUT2D eigenvalue weighted by atomic mass is 32.1. The zero-order valence-electron chi connectivity index (χ0n) is 15.2. The molecule has 0 fully saturated rings. The first-order chi connectivity index (χ1) is 12.9. The average molecular weight is 386 g/mol. The number of hydrogen-bond donors (Lipinski definition) is 2. The summed E-state index contributed by atoms with van der Waals surface area (Å²) in [5.41, 5.74) is 6.23. The number of nitrogens with zero attached hydrogens (tertiary/aromatic N) is 1. The molecule has 0 saturated carbocycles. The molecule has 2 aromatic rings. The summed E-state index contributed by atoms with van der Waals surface area (Å²) in [4.78, 5) is 10.5. The van der Waals surface area contributed by atoms with Gasteiger partial charge in [-0.2, -0.15) is 5.10 Å². The smallest absolute Gasteiger partial charge is 0.191 e. The Morgan fingerprint density at radius 3 is 2.52 bits per heavy atom. The Morgan fingerprint density at radius 2 is 1.89 bits per heavy atom. The van der Waals surface area contributed by atoms with E-state index in [1.165, 1.54) is 7.11 Å². The van der Waals surface area contributed by atoms with Gasteiger partial charge in [-0.25, -0.2) is 0 Å². The molecule has 2 rings (SSSR count). The van der Waals surface area contributed by atoms with Gasteiger partial charge in [0.05, 0.1) is 18.8 Å². The van der Waals surface area contributed by atoms with Crippen molar-refractivity contribution in [3.63, 3.8) is 0 Å². The number of thiocarbonyl (C=S) groups is 1. The van der Waals surface area contributed by atoms with Crippen molar-refractivity contribution in [2.75, 3.05) is 19.0 Å². The lowest BCUT2D eigenvalue weighted by molar-refractivity contribution is -0.307. The number of carbonyl (C=O) groups excluding carboxylic acids is 1. The molecule has 0 radical (unpaired) electrons. The van der Waals surface area contributed by atoms with E-state index in [1.807, 2.05) is 31.2 Å². The first kappa shape index (κ1) is 20.2. The number of carboxylic acids is 1. The summed E-state index contributed by atoms with van der Waals surface area (Å²) >= 11 is 5.23. The first-order valence-electron chi connectivity index (χ1n) is 8.08. The van der Waals surface area contributed by atoms with Gasteiger partial charge in [-0.3, -0.25) is 5.43 Å². The number of aryl methyl sites for hydroxylation is 1. The lowest BCUT2D eigenvalue weighted by Gasteiger charge is -2.13. The largest absolute Gasteiger partial charge is 0.546 e. The molecule has 0 aromatic heterocycles. The van der Waals surface area contributed by atoms with Crippen LogP contribution in [0.25, 0.3) is 0 Å². The maximum atomic E-state index is 10.5. The molecule has 2 aromatic carbocycles. The second-order valence-corrected chi connectivity index (χ2v) is 6.06. The minimum absolute atomic E-state index is 0.308. The summed E-state index contributed by atoms with van der Waals surface area (Å²) in [6, 6.07) is 12.9. The standard InChI is InChI=1S/C19H21N3O4S/c1-12-4-7-15(8-5-12)20-19(27)22-21-13(2)14-6-9-16(17(10-14)25-3)26-11-18(23)24/h4-10H,11H2,1-3H3,(H,23,24)(H2,20,22,27)/p-1/b21-13-. The van der Waals surface area contributed by atoms with E-state index in [0.29, 0.717) is 22.3 Å². The van der Waals surface area contributed by atoms with Crippen LogP contribution in [-0.2, 0) is 4.79 Å². The quantitative estimate of drug-likeness (QED) is 0.426. The molecule has 0 heterocycles. The van der Waals surface area contributed by atoms with Gasteiger partial charge in [0.15, 0.2) is 16.6 Å². The van der Waals surface area contributed by atoms with E-state index in [1.54, 1.807) is 25.1 Å². The second kappa shape index (κ2) is 9.54. The van der Waals surface area contributed by atoms with Crippen LogP contribution in [0, 0.1) is 6.92 Å². The number of carboxylic acid groups (broad SMARTS) is 1. The normalized spacial score (nSPS) is 10.9. The van der Waals surface area contributed by atoms with Crippen molar-refractivity contribution in [2.45, 2.75) is 13.8 Å². The molecular formula is C19H20N3O4S-. The molecule has 8 heteroatoms. The number of rotatable bonds is 7. The lowest BCUT2D eigenvalue weighted by Crippen LogP contribution is -2.29. The van der Waals surface area contributed by atoms with Crippen LogP contribution in [0.15, 0.2) is 47.6 Å². The van der Waals surface area contributed by atoms with Gasteiger partial charge in [0.25, 0.3) is 0 Å². The van der Waals surface area contributed by atoms with Crippen molar-refractivity contribution in [3.05, 3.63) is 53.6 Å². The highest BCUT2D eigenvalue weighted by molar-refractivity contribution is 7.80. The van der Waals surface area contributed by atoms with Gasteiger partial charge in [-0.15, -0.1) is 0 Å². The molecule has 0 unspecified atom stereocenters. The molecule has 0 saturated heterocycles. The summed E-state index contributed by atoms with van der Waals surface area (Å²) in [6.07, 6.45) is 0. The summed E-state index contributed by atoms with van der Waals surface area (Å²) in [6.45, 7) is 3.26. The Morgan fingerprint density at radius 1 is 1.19 bits per heavy atom. The number of carbonyl (C=O) groups is 1. The summed E-state index contributed by atoms with van der Waals surface area (Å²) < 4.78 is 10.4. The van der Waals surface area contributed by atoms with Gasteiger partial charge in [0, 0.05) is 11.3 Å². The minimum Gasteiger partial charge on any atom is -0.546 e. The zero-order valence-corrected chi connectivity index (χ0v) is 16.1. The fourth-order valence-corrected chi connectivity index (χ4v) is 2.31. The minimum atomic E-state index is -1.31. The SMILES string of the molecule is COc1cc(/C(C)=N\NC(=S)Nc2ccc(C)cc2)ccc1OCC(=O)[O-]. The number of hydrogen-bond acceptors (Lipinski definition) is 6. The second-order valence-electron chi connectivity index (χ2n) is 5.66. The fraction of sp³-hybridized carbons (Fsp3) is 0.211. The number of nitrogens with one attached hydrogen (secondary N) is 2. The Hall–Kier alpha value is -3.13. The fourth-order valence-electron chi connectivity index (χ4n) is 2.14. The van der Waals surface area contributed by atoms with Crippen LogP contribution in [0.2, 0.25) is 0 Å². The van der Waals surface area contributed by atoms with Crippen LogP contribution >= 0.6 is 12.2 Å². The van der Waals surface area contributed by atoms with Crippen molar-refractivity contribution < 1.29 is 19.4 Å². The third-order valence-electron chi connectivity index (χ3n) is 3.56. The molecule has 0 amide bonds. The molecule has 0 bridgehead atoms. The molecule has 0 aliphatic rings. The van der Waals surface area contributed by atoms with E-state index in [0.717, 1.165) is 16.8 Å². The summed E-state index contributed by atoms with van der Waals surface area (Å²) in [7, 11) is 1.47. The van der Waals surface area contributed by atoms with E-state index < -0.39 is 12.6 Å². The van der Waals surface area contributed by atoms with Crippen molar-refractivity contribution in [3.8, 4) is 11.5 Å². The topological polar surface area (TPSA) is 95.0 Å². The van der Waals surface area contributed by atoms with Gasteiger partial charge in [0.2, 0.25) is 0 Å². The molecule has 2 N–H and O–H groups in total. The monoisotopic (exact) mass is 386 g/mol. The molecule has 7 nitrogen and oxygen atoms in total. The zero-order chi connectivity index (χ0) is 19.8. The third-order valence-corrected chi connectivity index (χ3v) is 3.75. The Labute approximate surface area is 163 Å². The van der Waals surface area contributed by atoms with Crippen LogP contribution < -0.4 is 25.3 Å². The van der Waals surface area contributed by atoms with E-state index in [4.69, 9.17) is 21.7 Å². The number of benzene rings is 2. The molecule has 0 aliphatic carbocycles. The van der Waals surface area contributed by atoms with Gasteiger partial charge in [0.1, 0.15) is 6.61 Å². The number of aliphatic carboxylic acids is 1. The average Bonchev–Trinajstić information content (AvgIpc) is 2.66. The summed E-state index contributed by atoms with van der Waals surface area (Å²) in [5, 5.41) is 18.2. The highest BCUT2D eigenvalue weighted by Crippen LogP contribution is 2.28. The van der Waals surface area contributed by atoms with E-state index in [-0.39, 0.29) is 0 Å². The molecule has 0 aliphatic heterocycles. The molecule has 27 heavy (non-hydrogen) atoms. The lowest BCUT2D eigenvalue weighted by atomic mass is 10.1. The van der Waals surface area contributed by atoms with Crippen LogP contribution in [0.1, 0.15) is 18.1 Å². The van der Waals surface area contributed by atoms with Gasteiger partial charge in [-0.05, 0) is 56.4 Å². The Bertz CT molecular complexity index is 851. The molecule has 0 spiro atoms. The molecule has 142 valence electrons. The Balaban J connectivity index is 2.02. The summed E-state index contributed by atoms with van der Waals surface area (Å²) in [5.74, 6) is -0.607. The van der Waals surface area contributed by atoms with Crippen LogP contribution in [-0.4, -0.2) is 30.5 Å². The maximum Gasteiger partial charge on any atom is 0.191 e. The van der Waals surface area contributed by atoms with Gasteiger partial charge < -0.3 is 24.7 Å². The predicted octanol–water partition coefficient (Wildman–Crippen LogP) is 1.84. The number of anilines is 1. The molecule has 0 atom stereocenters. The van der Waals surface area contributed by atoms with E-state index >= 15 is 0 Å². The van der Waals surface area contributed by atoms with Crippen molar-refractivity contribution in [1.82, 2.24) is 5.43 Å². The van der Waals surface area contributed by atoms with Crippen LogP contribution in [0.5, 0.6) is 11.5 Å². The maximum absolute atomic E-state index is 10.5. The van der Waals surface area contributed by atoms with E-state index in [9.17, 15) is 9.90 Å². The Kier molecular flexibility index (Phi) is 7.13. The number of ether oxygens (including phenoxy) is 2. The molecular weight excluding hydrogens is 366 g/mol. The van der Waals surface area contributed by atoms with Crippen molar-refractivity contribution in [2.24, 2.45) is 5.10 Å². The predicted molar refractivity (Wildman–Crippen MR) is 106 cm³/mol. The third kappa shape index (κ3) is 6.27. The van der Waals surface area contributed by atoms with E-state index in [2.05, 4.69) is 15.8 Å². The number of hydrazone groups is 1.